The number of hydrogen-bond acceptors (Lipinski definition) is 9. The largest absolute Gasteiger partial charge is 0.491 e. The van der Waals surface area contributed by atoms with E-state index in [1.165, 1.54) is 9.80 Å². The van der Waals surface area contributed by atoms with Crippen LogP contribution < -0.4 is 19.5 Å². The second-order valence-corrected chi connectivity index (χ2v) is 19.1. The highest BCUT2D eigenvalue weighted by Crippen LogP contribution is 2.46. The number of carbonyl (C=O) groups excluding carboxylic acids is 3. The summed E-state index contributed by atoms with van der Waals surface area (Å²) in [5.41, 5.74) is -2.50. The maximum absolute atomic E-state index is 15.0. The topological polar surface area (TPSA) is 185 Å². The molecule has 1 aromatic heterocycles. The van der Waals surface area contributed by atoms with Crippen LogP contribution >= 0.6 is 0 Å². The lowest BCUT2D eigenvalue weighted by Gasteiger charge is -2.43. The van der Waals surface area contributed by atoms with Crippen LogP contribution in [0.1, 0.15) is 93.4 Å². The van der Waals surface area contributed by atoms with Gasteiger partial charge in [0.1, 0.15) is 29.5 Å². The number of aromatic nitrogens is 1. The first-order valence-corrected chi connectivity index (χ1v) is 20.9. The second-order valence-electron chi connectivity index (χ2n) is 17.2. The van der Waals surface area contributed by atoms with Crippen molar-refractivity contribution < 1.29 is 42.2 Å². The first-order valence-electron chi connectivity index (χ1n) is 19.4. The van der Waals surface area contributed by atoms with E-state index in [-0.39, 0.29) is 31.4 Å². The minimum Gasteiger partial charge on any atom is -0.491 e. The van der Waals surface area contributed by atoms with Crippen LogP contribution in [0.15, 0.2) is 42.6 Å². The van der Waals surface area contributed by atoms with Gasteiger partial charge in [0.2, 0.25) is 27.7 Å². The van der Waals surface area contributed by atoms with Gasteiger partial charge in [-0.15, -0.1) is 0 Å². The van der Waals surface area contributed by atoms with Crippen LogP contribution in [-0.4, -0.2) is 99.3 Å². The number of pyridine rings is 1. The minimum atomic E-state index is -3.91. The van der Waals surface area contributed by atoms with E-state index in [1.54, 1.807) is 27.0 Å². The molecule has 2 aliphatic carbocycles. The molecule has 1 saturated heterocycles. The Morgan fingerprint density at radius 1 is 1.11 bits per heavy atom. The van der Waals surface area contributed by atoms with Gasteiger partial charge in [-0.25, -0.2) is 18.2 Å². The molecule has 0 bridgehead atoms. The maximum atomic E-state index is 15.0. The van der Waals surface area contributed by atoms with Gasteiger partial charge in [-0.3, -0.25) is 24.0 Å². The molecule has 0 spiro atoms. The molecule has 2 aromatic rings. The van der Waals surface area contributed by atoms with Crippen molar-refractivity contribution in [3.63, 3.8) is 0 Å². The van der Waals surface area contributed by atoms with Gasteiger partial charge in [0.15, 0.2) is 0 Å². The highest BCUT2D eigenvalue weighted by Gasteiger charge is 2.62. The van der Waals surface area contributed by atoms with E-state index in [2.05, 4.69) is 21.9 Å². The zero-order valence-electron chi connectivity index (χ0n) is 32.8. The molecule has 6 rings (SSSR count). The lowest BCUT2D eigenvalue weighted by Crippen LogP contribution is -2.62. The molecule has 4 aliphatic rings. The Labute approximate surface area is 323 Å². The van der Waals surface area contributed by atoms with Crippen LogP contribution in [0, 0.1) is 17.8 Å². The summed E-state index contributed by atoms with van der Waals surface area (Å²) >= 11 is 0. The Hall–Kier alpha value is -4.40. The average molecular weight is 782 g/mol. The van der Waals surface area contributed by atoms with Gasteiger partial charge in [-0.05, 0) is 115 Å². The number of hydrogen-bond donors (Lipinski definition) is 3. The van der Waals surface area contributed by atoms with Crippen molar-refractivity contribution in [2.45, 2.75) is 134 Å². The van der Waals surface area contributed by atoms with Gasteiger partial charge in [0, 0.05) is 29.5 Å². The zero-order valence-corrected chi connectivity index (χ0v) is 33.6. The van der Waals surface area contributed by atoms with Crippen molar-refractivity contribution in [1.29, 1.82) is 0 Å². The normalized spacial score (nSPS) is 29.6. The van der Waals surface area contributed by atoms with Gasteiger partial charge in [-0.2, -0.15) is 0 Å². The Bertz CT molecular complexity index is 1960. The first-order chi connectivity index (χ1) is 25.8. The highest BCUT2D eigenvalue weighted by atomic mass is 32.2. The number of rotatable bonds is 8. The smallest absolute Gasteiger partial charge is 0.408 e. The molecule has 0 radical (unpaired) electrons. The van der Waals surface area contributed by atoms with Gasteiger partial charge in [0.05, 0.1) is 17.9 Å². The van der Waals surface area contributed by atoms with Crippen molar-refractivity contribution in [2.75, 3.05) is 6.54 Å². The second kappa shape index (κ2) is 15.3. The molecule has 4 amide bonds. The molecule has 3 heterocycles. The van der Waals surface area contributed by atoms with E-state index in [9.17, 15) is 27.9 Å². The molecular weight excluding hydrogens is 727 g/mol. The number of allylic oxidation sites excluding steroid dienone is 1. The molecule has 55 heavy (non-hydrogen) atoms. The molecule has 7 atom stereocenters. The molecule has 2 aliphatic heterocycles. The maximum Gasteiger partial charge on any atom is 0.408 e. The number of carboxylic acid groups (broad SMARTS) is 1. The third-order valence-corrected chi connectivity index (χ3v) is 12.9. The van der Waals surface area contributed by atoms with Crippen molar-refractivity contribution in [3.8, 4) is 11.6 Å². The number of carbonyl (C=O) groups is 4. The number of sulfonamides is 1. The highest BCUT2D eigenvalue weighted by molar-refractivity contribution is 7.91. The van der Waals surface area contributed by atoms with Gasteiger partial charge < -0.3 is 24.8 Å². The molecule has 14 nitrogen and oxygen atoms in total. The molecule has 15 heteroatoms. The number of nitrogens with one attached hydrogen (secondary N) is 2. The van der Waals surface area contributed by atoms with Crippen LogP contribution in [0.3, 0.4) is 0 Å². The van der Waals surface area contributed by atoms with Crippen molar-refractivity contribution in [3.05, 3.63) is 42.6 Å². The fourth-order valence-electron chi connectivity index (χ4n) is 8.19. The Kier molecular flexibility index (Phi) is 11.2. The van der Waals surface area contributed by atoms with E-state index >= 15 is 4.79 Å². The number of ether oxygens (including phenoxy) is 2. The Morgan fingerprint density at radius 3 is 2.49 bits per heavy atom. The number of benzene rings is 1. The number of amides is 4. The number of fused-ring (bicyclic) bond motifs is 3. The van der Waals surface area contributed by atoms with Crippen LogP contribution in [-0.2, 0) is 24.4 Å². The molecular formula is C40H55N5O9S. The van der Waals surface area contributed by atoms with Gasteiger partial charge in [0.25, 0.3) is 5.91 Å². The summed E-state index contributed by atoms with van der Waals surface area (Å²) in [6.07, 6.45) is 6.47. The summed E-state index contributed by atoms with van der Waals surface area (Å²) < 4.78 is 40.4. The van der Waals surface area contributed by atoms with E-state index in [0.717, 1.165) is 11.8 Å². The zero-order chi connectivity index (χ0) is 40.0. The molecule has 3 fully saturated rings. The summed E-state index contributed by atoms with van der Waals surface area (Å²) in [6, 6.07) is 5.07. The summed E-state index contributed by atoms with van der Waals surface area (Å²) in [6.45, 7) is 13.0. The lowest BCUT2D eigenvalue weighted by atomic mass is 9.85. The summed E-state index contributed by atoms with van der Waals surface area (Å²) in [5.74, 6) is -1.78. The molecule has 1 aromatic carbocycles. The summed E-state index contributed by atoms with van der Waals surface area (Å²) in [5, 5.41) is 14.3. The van der Waals surface area contributed by atoms with Gasteiger partial charge >= 0.3 is 6.09 Å². The predicted molar refractivity (Wildman–Crippen MR) is 206 cm³/mol. The number of nitrogens with zero attached hydrogens (tertiary/aromatic N) is 3. The standard InChI is InChI=1S/C40H55N5O9S/c1-23(2)53-28-12-15-31-26(19-28)16-17-41-35(31)54-29-20-32-34(46)42-40(37(48)43-55(51,52)30-13-14-30)21-27(40)11-9-8-10-24(3)18-25(4)33(36(47)44(32)22-29)45(38(49)50)39(5,6)7/h9,11-12,15-17,19,23-25,27,29-30,32-33H,8,10,13-14,18,20-22H2,1-7H3,(H,42,46)(H,43,48)(H,49,50)/b11-9-/t24-,25+,27+,29+,32-,33-,40+/m0/s1. The predicted octanol–water partition coefficient (Wildman–Crippen LogP) is 5.01. The Balaban J connectivity index is 1.38. The van der Waals surface area contributed by atoms with Crippen molar-refractivity contribution in [2.24, 2.45) is 17.8 Å². The molecule has 2 saturated carbocycles. The van der Waals surface area contributed by atoms with Crippen molar-refractivity contribution >= 4 is 44.6 Å². The minimum absolute atomic E-state index is 0.0167. The quantitative estimate of drug-likeness (QED) is 0.308. The van der Waals surface area contributed by atoms with E-state index in [4.69, 9.17) is 9.47 Å². The van der Waals surface area contributed by atoms with E-state index in [1.807, 2.05) is 57.2 Å². The molecule has 300 valence electrons. The van der Waals surface area contributed by atoms with Crippen LogP contribution in [0.5, 0.6) is 11.6 Å². The molecule has 3 N–H and O–H groups in total. The van der Waals surface area contributed by atoms with E-state index in [0.29, 0.717) is 42.7 Å². The Morgan fingerprint density at radius 2 is 1.84 bits per heavy atom. The fraction of sp³-hybridized carbons (Fsp3) is 0.625. The summed E-state index contributed by atoms with van der Waals surface area (Å²) in [4.78, 5) is 63.4. The van der Waals surface area contributed by atoms with Crippen LogP contribution in [0.25, 0.3) is 10.8 Å². The molecule has 0 unspecified atom stereocenters. The first kappa shape index (κ1) is 40.3. The third kappa shape index (κ3) is 8.71. The van der Waals surface area contributed by atoms with Gasteiger partial charge in [-0.1, -0.05) is 26.0 Å². The van der Waals surface area contributed by atoms with E-state index < -0.39 is 80.2 Å². The SMILES string of the molecule is CC(C)Oc1ccc2c(O[C@@H]3C[C@H]4C(=O)N[C@]5(C(=O)NS(=O)(=O)C6CC6)C[C@H]5/C=C\CC[C@H](C)C[C@@H](C)[C@H](N(C(=O)O)C(C)(C)C)C(=O)N4C3)nccc2c1. The van der Waals surface area contributed by atoms with Crippen LogP contribution in [0.2, 0.25) is 0 Å². The van der Waals surface area contributed by atoms with Crippen LogP contribution in [0.4, 0.5) is 4.79 Å². The lowest BCUT2D eigenvalue weighted by molar-refractivity contribution is -0.146. The van der Waals surface area contributed by atoms with Crippen molar-refractivity contribution in [1.82, 2.24) is 24.8 Å². The monoisotopic (exact) mass is 781 g/mol. The summed E-state index contributed by atoms with van der Waals surface area (Å²) in [7, 11) is -3.91. The fourth-order valence-corrected chi connectivity index (χ4v) is 9.56. The average Bonchev–Trinajstić information content (AvgIpc) is 4.01. The third-order valence-electron chi connectivity index (χ3n) is 11.1.